The fraction of sp³-hybridized carbons (Fsp3) is 0.800. The Morgan fingerprint density at radius 2 is 2.27 bits per heavy atom. The maximum absolute atomic E-state index is 2.63. The molecule has 11 heavy (non-hydrogen) atoms. The first-order chi connectivity index (χ1) is 5.36. The molecule has 2 heterocycles. The van der Waals surface area contributed by atoms with Crippen molar-refractivity contribution in [1.82, 2.24) is 4.90 Å². The Balaban J connectivity index is 2.02. The third-order valence-corrected chi connectivity index (χ3v) is 2.91. The Bertz CT molecular complexity index is 162. The van der Waals surface area contributed by atoms with Crippen molar-refractivity contribution in [3.63, 3.8) is 0 Å². The van der Waals surface area contributed by atoms with Crippen LogP contribution in [0.3, 0.4) is 0 Å². The molecule has 1 fully saturated rings. The van der Waals surface area contributed by atoms with Gasteiger partial charge in [0.2, 0.25) is 0 Å². The van der Waals surface area contributed by atoms with E-state index in [9.17, 15) is 0 Å². The van der Waals surface area contributed by atoms with E-state index in [1.54, 1.807) is 0 Å². The molecule has 2 aliphatic rings. The zero-order chi connectivity index (χ0) is 7.68. The topological polar surface area (TPSA) is 3.24 Å². The molecule has 2 aliphatic heterocycles. The molecular weight excluding hydrogens is 134 g/mol. The molecule has 0 spiro atoms. The van der Waals surface area contributed by atoms with Crippen LogP contribution in [0.25, 0.3) is 0 Å². The van der Waals surface area contributed by atoms with Gasteiger partial charge in [-0.15, -0.1) is 0 Å². The van der Waals surface area contributed by atoms with Gasteiger partial charge in [0, 0.05) is 19.1 Å². The van der Waals surface area contributed by atoms with E-state index in [1.165, 1.54) is 32.4 Å². The first-order valence-corrected chi connectivity index (χ1v) is 4.77. The minimum absolute atomic E-state index is 0.792. The first kappa shape index (κ1) is 7.35. The van der Waals surface area contributed by atoms with Crippen molar-refractivity contribution < 1.29 is 0 Å². The van der Waals surface area contributed by atoms with Crippen LogP contribution in [0.5, 0.6) is 0 Å². The summed E-state index contributed by atoms with van der Waals surface area (Å²) in [6.07, 6.45) is 8.82. The summed E-state index contributed by atoms with van der Waals surface area (Å²) < 4.78 is 0. The molecule has 0 aromatic heterocycles. The van der Waals surface area contributed by atoms with E-state index in [4.69, 9.17) is 0 Å². The number of hydrogen-bond donors (Lipinski definition) is 0. The third kappa shape index (κ3) is 1.48. The van der Waals surface area contributed by atoms with Gasteiger partial charge in [-0.2, -0.15) is 0 Å². The molecule has 1 saturated heterocycles. The van der Waals surface area contributed by atoms with Gasteiger partial charge in [0.15, 0.2) is 0 Å². The molecule has 0 bridgehead atoms. The van der Waals surface area contributed by atoms with E-state index in [2.05, 4.69) is 24.0 Å². The maximum Gasteiger partial charge on any atom is 0.0278 e. The quantitative estimate of drug-likeness (QED) is 0.479. The van der Waals surface area contributed by atoms with Crippen LogP contribution in [0.1, 0.15) is 26.2 Å². The SMILES string of the molecule is C[C@H]1CCC2C=CCCN2C1. The van der Waals surface area contributed by atoms with Crippen molar-refractivity contribution in [2.45, 2.75) is 32.2 Å². The first-order valence-electron chi connectivity index (χ1n) is 4.77. The van der Waals surface area contributed by atoms with Crippen LogP contribution < -0.4 is 0 Å². The molecule has 0 radical (unpaired) electrons. The highest BCUT2D eigenvalue weighted by Crippen LogP contribution is 2.24. The van der Waals surface area contributed by atoms with Gasteiger partial charge >= 0.3 is 0 Å². The molecule has 2 rings (SSSR count). The van der Waals surface area contributed by atoms with Crippen molar-refractivity contribution >= 4 is 0 Å². The number of hydrogen-bond acceptors (Lipinski definition) is 1. The second-order valence-electron chi connectivity index (χ2n) is 3.96. The minimum atomic E-state index is 0.792. The fourth-order valence-electron chi connectivity index (χ4n) is 2.23. The van der Waals surface area contributed by atoms with Crippen molar-refractivity contribution in [2.75, 3.05) is 13.1 Å². The average molecular weight is 151 g/mol. The summed E-state index contributed by atoms with van der Waals surface area (Å²) in [5.41, 5.74) is 0. The molecular formula is C10H17N. The van der Waals surface area contributed by atoms with E-state index in [1.807, 2.05) is 0 Å². The molecule has 0 aromatic carbocycles. The molecule has 0 N–H and O–H groups in total. The van der Waals surface area contributed by atoms with Crippen molar-refractivity contribution in [3.05, 3.63) is 12.2 Å². The van der Waals surface area contributed by atoms with Crippen LogP contribution in [0.15, 0.2) is 12.2 Å². The predicted molar refractivity (Wildman–Crippen MR) is 47.5 cm³/mol. The summed E-state index contributed by atoms with van der Waals surface area (Å²) >= 11 is 0. The molecule has 62 valence electrons. The highest BCUT2D eigenvalue weighted by molar-refractivity contribution is 5.01. The molecule has 2 atom stereocenters. The molecule has 1 heteroatoms. The molecule has 0 aromatic rings. The van der Waals surface area contributed by atoms with Gasteiger partial charge in [0.05, 0.1) is 0 Å². The molecule has 1 unspecified atom stereocenters. The second kappa shape index (κ2) is 2.98. The molecule has 0 saturated carbocycles. The lowest BCUT2D eigenvalue weighted by molar-refractivity contribution is 0.137. The van der Waals surface area contributed by atoms with Crippen LogP contribution in [-0.4, -0.2) is 24.0 Å². The smallest absolute Gasteiger partial charge is 0.0278 e. The summed E-state index contributed by atoms with van der Waals surface area (Å²) in [4.78, 5) is 2.63. The Kier molecular flexibility index (Phi) is 1.99. The van der Waals surface area contributed by atoms with E-state index in [0.717, 1.165) is 12.0 Å². The average Bonchev–Trinajstić information content (AvgIpc) is 2.04. The van der Waals surface area contributed by atoms with E-state index in [0.29, 0.717) is 0 Å². The molecule has 0 amide bonds. The lowest BCUT2D eigenvalue weighted by Gasteiger charge is -2.38. The normalized spacial score (nSPS) is 38.6. The lowest BCUT2D eigenvalue weighted by Crippen LogP contribution is -2.43. The number of rotatable bonds is 0. The fourth-order valence-corrected chi connectivity index (χ4v) is 2.23. The largest absolute Gasteiger partial charge is 0.296 e. The van der Waals surface area contributed by atoms with Crippen molar-refractivity contribution in [1.29, 1.82) is 0 Å². The van der Waals surface area contributed by atoms with Gasteiger partial charge < -0.3 is 0 Å². The van der Waals surface area contributed by atoms with Gasteiger partial charge in [0.25, 0.3) is 0 Å². The third-order valence-electron chi connectivity index (χ3n) is 2.91. The highest BCUT2D eigenvalue weighted by atomic mass is 15.2. The molecule has 1 nitrogen and oxygen atoms in total. The zero-order valence-electron chi connectivity index (χ0n) is 7.29. The summed E-state index contributed by atoms with van der Waals surface area (Å²) in [5, 5.41) is 0. The van der Waals surface area contributed by atoms with Crippen LogP contribution in [0.2, 0.25) is 0 Å². The van der Waals surface area contributed by atoms with E-state index in [-0.39, 0.29) is 0 Å². The maximum atomic E-state index is 2.63. The second-order valence-corrected chi connectivity index (χ2v) is 3.96. The van der Waals surface area contributed by atoms with Gasteiger partial charge in [-0.3, -0.25) is 4.90 Å². The van der Waals surface area contributed by atoms with Crippen LogP contribution in [0, 0.1) is 5.92 Å². The Hall–Kier alpha value is -0.300. The van der Waals surface area contributed by atoms with Crippen molar-refractivity contribution in [3.8, 4) is 0 Å². The van der Waals surface area contributed by atoms with E-state index >= 15 is 0 Å². The highest BCUT2D eigenvalue weighted by Gasteiger charge is 2.24. The minimum Gasteiger partial charge on any atom is -0.296 e. The number of nitrogens with zero attached hydrogens (tertiary/aromatic N) is 1. The number of fused-ring (bicyclic) bond motifs is 1. The van der Waals surface area contributed by atoms with Gasteiger partial charge in [-0.25, -0.2) is 0 Å². The Labute approximate surface area is 69.1 Å². The monoisotopic (exact) mass is 151 g/mol. The van der Waals surface area contributed by atoms with Gasteiger partial charge in [0.1, 0.15) is 0 Å². The van der Waals surface area contributed by atoms with Crippen LogP contribution >= 0.6 is 0 Å². The summed E-state index contributed by atoms with van der Waals surface area (Å²) in [7, 11) is 0. The summed E-state index contributed by atoms with van der Waals surface area (Å²) in [6.45, 7) is 5.00. The van der Waals surface area contributed by atoms with Crippen LogP contribution in [0.4, 0.5) is 0 Å². The van der Waals surface area contributed by atoms with Gasteiger partial charge in [-0.1, -0.05) is 19.1 Å². The Morgan fingerprint density at radius 1 is 1.36 bits per heavy atom. The van der Waals surface area contributed by atoms with E-state index < -0.39 is 0 Å². The standard InChI is InChI=1S/C10H17N/c1-9-5-6-10-4-2-3-7-11(10)8-9/h2,4,9-10H,3,5-8H2,1H3/t9-,10?/m0/s1. The lowest BCUT2D eigenvalue weighted by atomic mass is 9.92. The molecule has 0 aliphatic carbocycles. The zero-order valence-corrected chi connectivity index (χ0v) is 7.29. The summed E-state index contributed by atoms with van der Waals surface area (Å²) in [6, 6.07) is 0.792. The number of piperidine rings is 1. The van der Waals surface area contributed by atoms with Gasteiger partial charge in [-0.05, 0) is 25.2 Å². The van der Waals surface area contributed by atoms with Crippen LogP contribution in [-0.2, 0) is 0 Å². The van der Waals surface area contributed by atoms with Crippen molar-refractivity contribution in [2.24, 2.45) is 5.92 Å². The summed E-state index contributed by atoms with van der Waals surface area (Å²) in [5.74, 6) is 0.928. The Morgan fingerprint density at radius 3 is 3.18 bits per heavy atom. The predicted octanol–water partition coefficient (Wildman–Crippen LogP) is 2.05.